The molecule has 1 heterocycles. The molecule has 1 N–H and O–H groups in total. The lowest BCUT2D eigenvalue weighted by Crippen LogP contribution is -2.43. The predicted octanol–water partition coefficient (Wildman–Crippen LogP) is 2.98. The molecule has 3 rings (SSSR count). The highest BCUT2D eigenvalue weighted by molar-refractivity contribution is 7.92. The number of amides is 1. The Balaban J connectivity index is 1.66. The number of piperazine rings is 1. The molecule has 2 aromatic carbocycles. The van der Waals surface area contributed by atoms with Crippen molar-refractivity contribution in [3.63, 3.8) is 0 Å². The van der Waals surface area contributed by atoms with Crippen LogP contribution in [0.3, 0.4) is 0 Å². The van der Waals surface area contributed by atoms with Crippen LogP contribution in [0.4, 0.5) is 18.9 Å². The first-order valence-electron chi connectivity index (χ1n) is 9.29. The van der Waals surface area contributed by atoms with Gasteiger partial charge in [-0.25, -0.2) is 8.42 Å². The van der Waals surface area contributed by atoms with E-state index in [0.717, 1.165) is 62.6 Å². The van der Waals surface area contributed by atoms with E-state index in [1.54, 1.807) is 6.07 Å². The summed E-state index contributed by atoms with van der Waals surface area (Å²) < 4.78 is 60.7. The third-order valence-corrected chi connectivity index (χ3v) is 6.42. The Hall–Kier alpha value is -2.43. The van der Waals surface area contributed by atoms with Gasteiger partial charge in [0.15, 0.2) is 0 Å². The number of hydrogen-bond donors (Lipinski definition) is 1. The van der Waals surface area contributed by atoms with E-state index in [-0.39, 0.29) is 5.56 Å². The van der Waals surface area contributed by atoms with E-state index < -0.39 is 26.1 Å². The van der Waals surface area contributed by atoms with Gasteiger partial charge in [0, 0.05) is 44.0 Å². The summed E-state index contributed by atoms with van der Waals surface area (Å²) in [5, 5.41) is 2.69. The fourth-order valence-corrected chi connectivity index (χ4v) is 3.90. The minimum atomic E-state index is -5.44. The van der Waals surface area contributed by atoms with Crippen molar-refractivity contribution in [2.24, 2.45) is 0 Å². The summed E-state index contributed by atoms with van der Waals surface area (Å²) in [6, 6.07) is 11.0. The minimum Gasteiger partial charge on any atom is -0.322 e. The van der Waals surface area contributed by atoms with Crippen LogP contribution >= 0.6 is 0 Å². The van der Waals surface area contributed by atoms with Crippen LogP contribution in [0.15, 0.2) is 53.4 Å². The predicted molar refractivity (Wildman–Crippen MR) is 107 cm³/mol. The third kappa shape index (κ3) is 5.18. The van der Waals surface area contributed by atoms with E-state index in [1.165, 1.54) is 0 Å². The van der Waals surface area contributed by atoms with Gasteiger partial charge in [-0.3, -0.25) is 9.69 Å². The average molecular weight is 441 g/mol. The number of carbonyl (C=O) groups is 1. The van der Waals surface area contributed by atoms with E-state index in [2.05, 4.69) is 22.2 Å². The second-order valence-corrected chi connectivity index (χ2v) is 9.15. The molecule has 0 bridgehead atoms. The lowest BCUT2D eigenvalue weighted by Gasteiger charge is -2.32. The molecule has 2 aromatic rings. The summed E-state index contributed by atoms with van der Waals surface area (Å²) in [5.74, 6) is -0.539. The number of benzene rings is 2. The van der Waals surface area contributed by atoms with Crippen molar-refractivity contribution in [1.29, 1.82) is 0 Å². The molecule has 1 aliphatic heterocycles. The zero-order valence-electron chi connectivity index (χ0n) is 16.3. The molecule has 0 radical (unpaired) electrons. The molecule has 1 fully saturated rings. The van der Waals surface area contributed by atoms with Crippen LogP contribution in [0.5, 0.6) is 0 Å². The van der Waals surface area contributed by atoms with Gasteiger partial charge >= 0.3 is 5.51 Å². The monoisotopic (exact) mass is 441 g/mol. The quantitative estimate of drug-likeness (QED) is 0.773. The highest BCUT2D eigenvalue weighted by atomic mass is 32.2. The van der Waals surface area contributed by atoms with Gasteiger partial charge < -0.3 is 10.2 Å². The number of sulfone groups is 1. The SMILES string of the molecule is CN1CCN(Cc2cccc(NC(=O)c3ccc(S(=O)(=O)C(F)(F)F)cc3)c2)CC1. The van der Waals surface area contributed by atoms with Crippen molar-refractivity contribution >= 4 is 21.4 Å². The van der Waals surface area contributed by atoms with Gasteiger partial charge in [-0.15, -0.1) is 0 Å². The van der Waals surface area contributed by atoms with Crippen LogP contribution < -0.4 is 5.32 Å². The number of halogens is 3. The molecule has 1 aliphatic rings. The highest BCUT2D eigenvalue weighted by Crippen LogP contribution is 2.30. The van der Waals surface area contributed by atoms with Crippen LogP contribution in [0.1, 0.15) is 15.9 Å². The van der Waals surface area contributed by atoms with Crippen molar-refractivity contribution in [1.82, 2.24) is 9.80 Å². The van der Waals surface area contributed by atoms with Crippen molar-refractivity contribution in [3.8, 4) is 0 Å². The van der Waals surface area contributed by atoms with Gasteiger partial charge in [0.1, 0.15) is 0 Å². The molecule has 0 aliphatic carbocycles. The first-order chi connectivity index (χ1) is 14.1. The fourth-order valence-electron chi connectivity index (χ4n) is 3.13. The normalized spacial score (nSPS) is 16.4. The number of nitrogens with zero attached hydrogens (tertiary/aromatic N) is 2. The molecule has 0 unspecified atom stereocenters. The Morgan fingerprint density at radius 3 is 2.27 bits per heavy atom. The van der Waals surface area contributed by atoms with Crippen LogP contribution in [0.2, 0.25) is 0 Å². The molecule has 30 heavy (non-hydrogen) atoms. The summed E-state index contributed by atoms with van der Waals surface area (Å²) in [6.07, 6.45) is 0. The molecule has 162 valence electrons. The van der Waals surface area contributed by atoms with E-state index in [0.29, 0.717) is 5.69 Å². The summed E-state index contributed by atoms with van der Waals surface area (Å²) in [6.45, 7) is 4.66. The number of likely N-dealkylation sites (N-methyl/N-ethyl adjacent to an activating group) is 1. The molecule has 10 heteroatoms. The molecule has 0 spiro atoms. The largest absolute Gasteiger partial charge is 0.501 e. The van der Waals surface area contributed by atoms with Crippen LogP contribution in [0, 0.1) is 0 Å². The van der Waals surface area contributed by atoms with Gasteiger partial charge in [0.25, 0.3) is 15.7 Å². The Morgan fingerprint density at radius 1 is 1.03 bits per heavy atom. The van der Waals surface area contributed by atoms with E-state index in [9.17, 15) is 26.4 Å². The Kier molecular flexibility index (Phi) is 6.49. The van der Waals surface area contributed by atoms with Crippen LogP contribution in [0.25, 0.3) is 0 Å². The molecule has 1 amide bonds. The van der Waals surface area contributed by atoms with Gasteiger partial charge in [-0.2, -0.15) is 13.2 Å². The smallest absolute Gasteiger partial charge is 0.322 e. The van der Waals surface area contributed by atoms with E-state index in [1.807, 2.05) is 18.2 Å². The maximum absolute atomic E-state index is 12.6. The van der Waals surface area contributed by atoms with Crippen LogP contribution in [-0.2, 0) is 16.4 Å². The first kappa shape index (κ1) is 22.3. The van der Waals surface area contributed by atoms with Gasteiger partial charge in [-0.1, -0.05) is 12.1 Å². The second kappa shape index (κ2) is 8.75. The number of carbonyl (C=O) groups excluding carboxylic acids is 1. The number of rotatable bonds is 5. The Morgan fingerprint density at radius 2 is 1.67 bits per heavy atom. The molecular formula is C20H22F3N3O3S. The summed E-state index contributed by atoms with van der Waals surface area (Å²) in [5.41, 5.74) is -3.75. The summed E-state index contributed by atoms with van der Waals surface area (Å²) in [4.78, 5) is 16.1. The number of anilines is 1. The molecule has 0 atom stereocenters. The van der Waals surface area contributed by atoms with Crippen molar-refractivity contribution in [2.45, 2.75) is 16.9 Å². The lowest BCUT2D eigenvalue weighted by atomic mass is 10.1. The van der Waals surface area contributed by atoms with Crippen molar-refractivity contribution in [2.75, 3.05) is 38.5 Å². The summed E-state index contributed by atoms with van der Waals surface area (Å²) >= 11 is 0. The average Bonchev–Trinajstić information content (AvgIpc) is 2.69. The highest BCUT2D eigenvalue weighted by Gasteiger charge is 2.46. The second-order valence-electron chi connectivity index (χ2n) is 7.21. The topological polar surface area (TPSA) is 69.7 Å². The van der Waals surface area contributed by atoms with E-state index in [4.69, 9.17) is 0 Å². The van der Waals surface area contributed by atoms with Crippen LogP contribution in [-0.4, -0.2) is 62.9 Å². The number of alkyl halides is 3. The molecule has 6 nitrogen and oxygen atoms in total. The maximum atomic E-state index is 12.6. The third-order valence-electron chi connectivity index (χ3n) is 4.92. The minimum absolute atomic E-state index is 0.0561. The summed E-state index contributed by atoms with van der Waals surface area (Å²) in [7, 11) is -3.36. The zero-order chi connectivity index (χ0) is 21.9. The maximum Gasteiger partial charge on any atom is 0.501 e. The standard InChI is InChI=1S/C20H22F3N3O3S/c1-25-9-11-26(12-10-25)14-15-3-2-4-17(13-15)24-19(27)16-5-7-18(8-6-16)30(28,29)20(21,22)23/h2-8,13H,9-12,14H2,1H3,(H,24,27). The molecule has 0 aromatic heterocycles. The number of nitrogens with one attached hydrogen (secondary N) is 1. The molecule has 0 saturated carbocycles. The fraction of sp³-hybridized carbons (Fsp3) is 0.350. The van der Waals surface area contributed by atoms with Gasteiger partial charge in [0.2, 0.25) is 0 Å². The molecule has 1 saturated heterocycles. The number of hydrogen-bond acceptors (Lipinski definition) is 5. The zero-order valence-corrected chi connectivity index (χ0v) is 17.1. The van der Waals surface area contributed by atoms with Gasteiger partial charge in [-0.05, 0) is 49.0 Å². The van der Waals surface area contributed by atoms with Gasteiger partial charge in [0.05, 0.1) is 4.90 Å². The van der Waals surface area contributed by atoms with Crippen molar-refractivity contribution in [3.05, 3.63) is 59.7 Å². The van der Waals surface area contributed by atoms with Crippen molar-refractivity contribution < 1.29 is 26.4 Å². The Bertz CT molecular complexity index is 1000. The Labute approximate surface area is 173 Å². The molecular weight excluding hydrogens is 419 g/mol. The lowest BCUT2D eigenvalue weighted by molar-refractivity contribution is -0.0436. The first-order valence-corrected chi connectivity index (χ1v) is 10.8. The van der Waals surface area contributed by atoms with E-state index >= 15 is 0 Å².